The Hall–Kier alpha value is -2.86. The molecular weight excluding hydrogens is 352 g/mol. The lowest BCUT2D eigenvalue weighted by Crippen LogP contribution is -2.30. The number of ether oxygens (including phenoxy) is 1. The van der Waals surface area contributed by atoms with Gasteiger partial charge in [0.25, 0.3) is 5.91 Å². The van der Waals surface area contributed by atoms with E-state index in [1.807, 2.05) is 49.4 Å². The number of hydrogen-bond acceptors (Lipinski definition) is 4. The van der Waals surface area contributed by atoms with Gasteiger partial charge in [0.15, 0.2) is 6.61 Å². The Kier molecular flexibility index (Phi) is 5.86. The maximum atomic E-state index is 12.0. The van der Waals surface area contributed by atoms with E-state index in [0.717, 1.165) is 23.2 Å². The van der Waals surface area contributed by atoms with Crippen LogP contribution in [0.5, 0.6) is 5.75 Å². The van der Waals surface area contributed by atoms with Crippen molar-refractivity contribution in [1.29, 1.82) is 0 Å². The number of aromatic nitrogens is 3. The van der Waals surface area contributed by atoms with Crippen molar-refractivity contribution in [2.75, 3.05) is 13.2 Å². The topological polar surface area (TPSA) is 69.0 Å². The monoisotopic (exact) mass is 370 g/mol. The van der Waals surface area contributed by atoms with Crippen molar-refractivity contribution >= 4 is 17.5 Å². The molecule has 3 aromatic rings. The zero-order valence-electron chi connectivity index (χ0n) is 14.4. The number of aryl methyl sites for hydroxylation is 1. The first-order valence-corrected chi connectivity index (χ1v) is 8.59. The fourth-order valence-corrected chi connectivity index (χ4v) is 2.59. The summed E-state index contributed by atoms with van der Waals surface area (Å²) in [6.07, 6.45) is 3.92. The van der Waals surface area contributed by atoms with E-state index in [0.29, 0.717) is 17.3 Å². The van der Waals surface area contributed by atoms with Gasteiger partial charge in [-0.15, -0.1) is 10.2 Å². The zero-order chi connectivity index (χ0) is 18.4. The summed E-state index contributed by atoms with van der Waals surface area (Å²) in [6, 6.07) is 13.3. The first-order valence-electron chi connectivity index (χ1n) is 8.21. The third-order valence-corrected chi connectivity index (χ3v) is 4.07. The van der Waals surface area contributed by atoms with Crippen molar-refractivity contribution in [2.45, 2.75) is 13.3 Å². The zero-order valence-corrected chi connectivity index (χ0v) is 15.1. The van der Waals surface area contributed by atoms with Crippen LogP contribution >= 0.6 is 11.6 Å². The lowest BCUT2D eigenvalue weighted by molar-refractivity contribution is -0.123. The minimum absolute atomic E-state index is 0.0567. The summed E-state index contributed by atoms with van der Waals surface area (Å²) in [6.45, 7) is 2.47. The van der Waals surface area contributed by atoms with Crippen LogP contribution in [0, 0.1) is 6.92 Å². The number of benzene rings is 2. The van der Waals surface area contributed by atoms with E-state index in [1.54, 1.807) is 17.2 Å². The predicted molar refractivity (Wildman–Crippen MR) is 99.8 cm³/mol. The van der Waals surface area contributed by atoms with Crippen molar-refractivity contribution in [3.8, 4) is 11.4 Å². The molecule has 0 aliphatic rings. The van der Waals surface area contributed by atoms with Crippen LogP contribution in [-0.2, 0) is 11.2 Å². The van der Waals surface area contributed by atoms with Gasteiger partial charge in [0, 0.05) is 11.6 Å². The molecule has 7 heteroatoms. The Balaban J connectivity index is 1.52. The number of nitrogens with one attached hydrogen (secondary N) is 1. The van der Waals surface area contributed by atoms with Gasteiger partial charge in [-0.3, -0.25) is 9.36 Å². The highest BCUT2D eigenvalue weighted by atomic mass is 35.5. The molecule has 1 heterocycles. The molecule has 1 aromatic heterocycles. The minimum atomic E-state index is -0.172. The molecule has 26 heavy (non-hydrogen) atoms. The van der Waals surface area contributed by atoms with E-state index in [1.165, 1.54) is 0 Å². The minimum Gasteiger partial charge on any atom is -0.482 e. The molecule has 0 radical (unpaired) electrons. The standard InChI is InChI=1S/C19H19ClN4O2/c1-14-2-7-18(17(10-14)24-12-22-23-13-24)26-11-19(25)21-9-8-15-3-5-16(20)6-4-15/h2-7,10,12-13H,8-9,11H2,1H3,(H,21,25). The van der Waals surface area contributed by atoms with E-state index in [4.69, 9.17) is 16.3 Å². The van der Waals surface area contributed by atoms with Crippen molar-refractivity contribution in [3.63, 3.8) is 0 Å². The molecule has 0 bridgehead atoms. The van der Waals surface area contributed by atoms with Crippen LogP contribution in [0.4, 0.5) is 0 Å². The van der Waals surface area contributed by atoms with E-state index in [9.17, 15) is 4.79 Å². The second-order valence-corrected chi connectivity index (χ2v) is 6.29. The molecule has 0 fully saturated rings. The normalized spacial score (nSPS) is 10.5. The van der Waals surface area contributed by atoms with Crippen LogP contribution < -0.4 is 10.1 Å². The SMILES string of the molecule is Cc1ccc(OCC(=O)NCCc2ccc(Cl)cc2)c(-n2cnnc2)c1. The Bertz CT molecular complexity index is 864. The lowest BCUT2D eigenvalue weighted by atomic mass is 10.1. The Labute approximate surface area is 156 Å². The summed E-state index contributed by atoms with van der Waals surface area (Å²) >= 11 is 5.86. The van der Waals surface area contributed by atoms with Gasteiger partial charge >= 0.3 is 0 Å². The van der Waals surface area contributed by atoms with Crippen LogP contribution in [0.1, 0.15) is 11.1 Å². The maximum absolute atomic E-state index is 12.0. The Morgan fingerprint density at radius 1 is 1.15 bits per heavy atom. The van der Waals surface area contributed by atoms with Gasteiger partial charge in [-0.05, 0) is 48.7 Å². The molecule has 0 spiro atoms. The summed E-state index contributed by atoms with van der Waals surface area (Å²) in [4.78, 5) is 12.0. The van der Waals surface area contributed by atoms with Crippen LogP contribution in [0.25, 0.3) is 5.69 Å². The first kappa shape index (κ1) is 17.9. The Morgan fingerprint density at radius 2 is 1.88 bits per heavy atom. The second kappa shape index (κ2) is 8.49. The quantitative estimate of drug-likeness (QED) is 0.694. The van der Waals surface area contributed by atoms with Gasteiger partial charge in [0.2, 0.25) is 0 Å². The van der Waals surface area contributed by atoms with E-state index < -0.39 is 0 Å². The smallest absolute Gasteiger partial charge is 0.257 e. The molecular formula is C19H19ClN4O2. The number of halogens is 1. The second-order valence-electron chi connectivity index (χ2n) is 5.86. The molecule has 6 nitrogen and oxygen atoms in total. The van der Waals surface area contributed by atoms with Gasteiger partial charge in [0.05, 0.1) is 5.69 Å². The average Bonchev–Trinajstić information content (AvgIpc) is 3.17. The van der Waals surface area contributed by atoms with Crippen molar-refractivity contribution in [1.82, 2.24) is 20.1 Å². The van der Waals surface area contributed by atoms with Gasteiger partial charge in [-0.2, -0.15) is 0 Å². The summed E-state index contributed by atoms with van der Waals surface area (Å²) < 4.78 is 7.44. The fraction of sp³-hybridized carbons (Fsp3) is 0.211. The lowest BCUT2D eigenvalue weighted by Gasteiger charge is -2.12. The molecule has 1 N–H and O–H groups in total. The van der Waals surface area contributed by atoms with E-state index in [2.05, 4.69) is 15.5 Å². The third kappa shape index (κ3) is 4.83. The van der Waals surface area contributed by atoms with Gasteiger partial charge in [0.1, 0.15) is 18.4 Å². The number of hydrogen-bond donors (Lipinski definition) is 1. The summed E-state index contributed by atoms with van der Waals surface area (Å²) in [5.74, 6) is 0.428. The molecule has 134 valence electrons. The first-order chi connectivity index (χ1) is 12.6. The number of rotatable bonds is 7. The van der Waals surface area contributed by atoms with Crippen LogP contribution in [0.3, 0.4) is 0 Å². The van der Waals surface area contributed by atoms with Crippen molar-refractivity contribution in [2.24, 2.45) is 0 Å². The molecule has 0 atom stereocenters. The molecule has 2 aromatic carbocycles. The van der Waals surface area contributed by atoms with Crippen LogP contribution in [0.15, 0.2) is 55.1 Å². The third-order valence-electron chi connectivity index (χ3n) is 3.82. The number of nitrogens with zero attached hydrogens (tertiary/aromatic N) is 3. The number of amides is 1. The number of carbonyl (C=O) groups is 1. The highest BCUT2D eigenvalue weighted by molar-refractivity contribution is 6.30. The van der Waals surface area contributed by atoms with Crippen molar-refractivity contribution in [3.05, 3.63) is 71.3 Å². The van der Waals surface area contributed by atoms with E-state index in [-0.39, 0.29) is 12.5 Å². The molecule has 0 aliphatic heterocycles. The van der Waals surface area contributed by atoms with Gasteiger partial charge in [-0.25, -0.2) is 0 Å². The summed E-state index contributed by atoms with van der Waals surface area (Å²) in [7, 11) is 0. The molecule has 1 amide bonds. The highest BCUT2D eigenvalue weighted by Gasteiger charge is 2.09. The summed E-state index contributed by atoms with van der Waals surface area (Å²) in [5.41, 5.74) is 2.99. The maximum Gasteiger partial charge on any atom is 0.257 e. The van der Waals surface area contributed by atoms with Gasteiger partial charge in [-0.1, -0.05) is 29.8 Å². The molecule has 3 rings (SSSR count). The van der Waals surface area contributed by atoms with Gasteiger partial charge < -0.3 is 10.1 Å². The van der Waals surface area contributed by atoms with Crippen LogP contribution in [0.2, 0.25) is 5.02 Å². The molecule has 0 unspecified atom stereocenters. The highest BCUT2D eigenvalue weighted by Crippen LogP contribution is 2.23. The predicted octanol–water partition coefficient (Wildman–Crippen LogP) is 2.97. The van der Waals surface area contributed by atoms with E-state index >= 15 is 0 Å². The summed E-state index contributed by atoms with van der Waals surface area (Å²) in [5, 5.41) is 11.2. The molecule has 0 saturated carbocycles. The molecule has 0 aliphatic carbocycles. The average molecular weight is 371 g/mol. The molecule has 0 saturated heterocycles. The Morgan fingerprint density at radius 3 is 2.62 bits per heavy atom. The number of carbonyl (C=O) groups excluding carboxylic acids is 1. The van der Waals surface area contributed by atoms with Crippen molar-refractivity contribution < 1.29 is 9.53 Å². The fourth-order valence-electron chi connectivity index (χ4n) is 2.47. The van der Waals surface area contributed by atoms with Crippen LogP contribution in [-0.4, -0.2) is 33.8 Å². The largest absolute Gasteiger partial charge is 0.482 e.